The van der Waals surface area contributed by atoms with E-state index in [2.05, 4.69) is 35.3 Å². The Hall–Kier alpha value is -1.57. The van der Waals surface area contributed by atoms with Crippen LogP contribution in [-0.4, -0.2) is 22.8 Å². The molecule has 0 aromatic heterocycles. The van der Waals surface area contributed by atoms with Crippen molar-refractivity contribution < 1.29 is 4.79 Å². The van der Waals surface area contributed by atoms with Crippen LogP contribution in [0.4, 0.5) is 0 Å². The molecule has 0 spiro atoms. The van der Waals surface area contributed by atoms with Gasteiger partial charge in [-0.05, 0) is 31.4 Å². The normalized spacial score (nSPS) is 35.4. The van der Waals surface area contributed by atoms with Crippen LogP contribution < -0.4 is 0 Å². The second-order valence-corrected chi connectivity index (χ2v) is 6.72. The first-order chi connectivity index (χ1) is 10.4. The summed E-state index contributed by atoms with van der Waals surface area (Å²) in [7, 11) is 0. The molecule has 0 amide bonds. The Morgan fingerprint density at radius 1 is 1.05 bits per heavy atom. The molecule has 4 rings (SSSR count). The molecule has 1 saturated heterocycles. The van der Waals surface area contributed by atoms with Crippen molar-refractivity contribution in [3.8, 4) is 0 Å². The molecule has 110 valence electrons. The molecule has 3 atom stereocenters. The summed E-state index contributed by atoms with van der Waals surface area (Å²) >= 11 is 0. The van der Waals surface area contributed by atoms with Crippen LogP contribution in [0.25, 0.3) is 0 Å². The van der Waals surface area contributed by atoms with Crippen molar-refractivity contribution in [3.63, 3.8) is 0 Å². The molecule has 21 heavy (non-hydrogen) atoms. The van der Waals surface area contributed by atoms with Gasteiger partial charge in [0.15, 0.2) is 5.78 Å². The highest BCUT2D eigenvalue weighted by atomic mass is 16.1. The number of hydrogen-bond acceptors (Lipinski definition) is 2. The van der Waals surface area contributed by atoms with Crippen LogP contribution in [0.1, 0.15) is 38.5 Å². The first-order valence-corrected chi connectivity index (χ1v) is 8.40. The Morgan fingerprint density at radius 3 is 2.76 bits per heavy atom. The van der Waals surface area contributed by atoms with Crippen molar-refractivity contribution in [1.29, 1.82) is 0 Å². The molecule has 0 bridgehead atoms. The fourth-order valence-electron chi connectivity index (χ4n) is 4.66. The molecule has 2 heteroatoms. The molecular formula is C19H23NO. The van der Waals surface area contributed by atoms with E-state index >= 15 is 0 Å². The lowest BCUT2D eigenvalue weighted by Gasteiger charge is -2.38. The standard InChI is InChI=1S/C19H23NO/c21-18-13-7-6-12-17-19(18)15-10-4-5-11-16(15)20(17)14-8-2-1-3-9-14/h4-7,11-15,17,19H,1-3,8-10H2. The lowest BCUT2D eigenvalue weighted by atomic mass is 9.82. The highest BCUT2D eigenvalue weighted by Gasteiger charge is 2.48. The Morgan fingerprint density at radius 2 is 1.90 bits per heavy atom. The smallest absolute Gasteiger partial charge is 0.161 e. The fraction of sp³-hybridized carbons (Fsp3) is 0.526. The Bertz CT molecular complexity index is 548. The van der Waals surface area contributed by atoms with Gasteiger partial charge in [0.05, 0.1) is 12.0 Å². The molecule has 4 aliphatic rings. The van der Waals surface area contributed by atoms with Crippen LogP contribution in [0.3, 0.4) is 0 Å². The maximum atomic E-state index is 12.6. The van der Waals surface area contributed by atoms with Crippen LogP contribution in [0.2, 0.25) is 0 Å². The van der Waals surface area contributed by atoms with Crippen LogP contribution in [0.15, 0.2) is 48.2 Å². The van der Waals surface area contributed by atoms with Crippen LogP contribution in [-0.2, 0) is 4.79 Å². The number of rotatable bonds is 1. The number of hydrogen-bond donors (Lipinski definition) is 0. The zero-order chi connectivity index (χ0) is 14.2. The summed E-state index contributed by atoms with van der Waals surface area (Å²) in [6.45, 7) is 0. The largest absolute Gasteiger partial charge is 0.364 e. The number of allylic oxidation sites excluding steroid dienone is 7. The molecule has 2 nitrogen and oxygen atoms in total. The number of likely N-dealkylation sites (tertiary alicyclic amines) is 1. The first kappa shape index (κ1) is 13.1. The second-order valence-electron chi connectivity index (χ2n) is 6.72. The Balaban J connectivity index is 1.74. The van der Waals surface area contributed by atoms with Crippen molar-refractivity contribution in [2.45, 2.75) is 50.6 Å². The molecule has 1 aliphatic heterocycles. The summed E-state index contributed by atoms with van der Waals surface area (Å²) in [5.41, 5.74) is 1.42. The van der Waals surface area contributed by atoms with Gasteiger partial charge in [0.2, 0.25) is 0 Å². The van der Waals surface area contributed by atoms with Gasteiger partial charge in [-0.25, -0.2) is 0 Å². The monoisotopic (exact) mass is 281 g/mol. The third-order valence-electron chi connectivity index (χ3n) is 5.57. The molecular weight excluding hydrogens is 258 g/mol. The Labute approximate surface area is 126 Å². The minimum atomic E-state index is 0.123. The third kappa shape index (κ3) is 2.12. The summed E-state index contributed by atoms with van der Waals surface area (Å²) in [5.74, 6) is 0.828. The highest BCUT2D eigenvalue weighted by molar-refractivity contribution is 5.94. The zero-order valence-corrected chi connectivity index (χ0v) is 12.4. The van der Waals surface area contributed by atoms with Crippen molar-refractivity contribution in [1.82, 2.24) is 4.90 Å². The summed E-state index contributed by atoms with van der Waals surface area (Å²) < 4.78 is 0. The van der Waals surface area contributed by atoms with Gasteiger partial charge < -0.3 is 4.90 Å². The summed E-state index contributed by atoms with van der Waals surface area (Å²) in [4.78, 5) is 15.2. The quantitative estimate of drug-likeness (QED) is 0.729. The lowest BCUT2D eigenvalue weighted by Crippen LogP contribution is -2.41. The predicted octanol–water partition coefficient (Wildman–Crippen LogP) is 3.77. The molecule has 2 fully saturated rings. The van der Waals surface area contributed by atoms with E-state index in [1.807, 2.05) is 6.08 Å². The Kier molecular flexibility index (Phi) is 3.33. The zero-order valence-electron chi connectivity index (χ0n) is 12.4. The summed E-state index contributed by atoms with van der Waals surface area (Å²) in [5, 5.41) is 0. The number of carbonyl (C=O) groups excluding carboxylic acids is 1. The van der Waals surface area contributed by atoms with Gasteiger partial charge in [-0.2, -0.15) is 0 Å². The van der Waals surface area contributed by atoms with Crippen molar-refractivity contribution in [2.75, 3.05) is 0 Å². The SMILES string of the molecule is O=C1C=CC=CC2C1C1CC=CC=C1N2C1CCCCC1. The number of ketones is 1. The molecule has 1 saturated carbocycles. The van der Waals surface area contributed by atoms with E-state index < -0.39 is 0 Å². The van der Waals surface area contributed by atoms with Crippen molar-refractivity contribution in [2.24, 2.45) is 11.8 Å². The highest BCUT2D eigenvalue weighted by Crippen LogP contribution is 2.47. The van der Waals surface area contributed by atoms with E-state index in [-0.39, 0.29) is 12.0 Å². The summed E-state index contributed by atoms with van der Waals surface area (Å²) in [6, 6.07) is 0.899. The molecule has 3 unspecified atom stereocenters. The average molecular weight is 281 g/mol. The minimum Gasteiger partial charge on any atom is -0.364 e. The average Bonchev–Trinajstić information content (AvgIpc) is 2.74. The van der Waals surface area contributed by atoms with E-state index in [0.717, 1.165) is 6.42 Å². The molecule has 0 N–H and O–H groups in total. The molecule has 0 aromatic rings. The van der Waals surface area contributed by atoms with Crippen LogP contribution >= 0.6 is 0 Å². The van der Waals surface area contributed by atoms with E-state index in [4.69, 9.17) is 0 Å². The maximum absolute atomic E-state index is 12.6. The van der Waals surface area contributed by atoms with Crippen molar-refractivity contribution >= 4 is 5.78 Å². The van der Waals surface area contributed by atoms with Crippen LogP contribution in [0.5, 0.6) is 0 Å². The lowest BCUT2D eigenvalue weighted by molar-refractivity contribution is -0.119. The number of fused-ring (bicyclic) bond motifs is 3. The molecule has 3 aliphatic carbocycles. The van der Waals surface area contributed by atoms with Crippen molar-refractivity contribution in [3.05, 3.63) is 48.2 Å². The topological polar surface area (TPSA) is 20.3 Å². The second kappa shape index (κ2) is 5.32. The van der Waals surface area contributed by atoms with Gasteiger partial charge in [-0.1, -0.05) is 49.6 Å². The van der Waals surface area contributed by atoms with Gasteiger partial charge in [0.1, 0.15) is 0 Å². The van der Waals surface area contributed by atoms with Gasteiger partial charge in [-0.15, -0.1) is 0 Å². The summed E-state index contributed by atoms with van der Waals surface area (Å²) in [6.07, 6.45) is 22.3. The van der Waals surface area contributed by atoms with Crippen LogP contribution in [0, 0.1) is 11.8 Å². The van der Waals surface area contributed by atoms with Gasteiger partial charge in [0.25, 0.3) is 0 Å². The molecule has 1 heterocycles. The minimum absolute atomic E-state index is 0.123. The van der Waals surface area contributed by atoms with Gasteiger partial charge in [-0.3, -0.25) is 4.79 Å². The van der Waals surface area contributed by atoms with E-state index in [0.29, 0.717) is 17.7 Å². The van der Waals surface area contributed by atoms with E-state index in [1.54, 1.807) is 6.08 Å². The molecule has 0 aromatic carbocycles. The maximum Gasteiger partial charge on any atom is 0.161 e. The molecule has 0 radical (unpaired) electrons. The van der Waals surface area contributed by atoms with Gasteiger partial charge >= 0.3 is 0 Å². The van der Waals surface area contributed by atoms with E-state index in [1.165, 1.54) is 37.8 Å². The third-order valence-corrected chi connectivity index (χ3v) is 5.57. The van der Waals surface area contributed by atoms with E-state index in [9.17, 15) is 4.79 Å². The fourth-order valence-corrected chi connectivity index (χ4v) is 4.66. The predicted molar refractivity (Wildman–Crippen MR) is 84.6 cm³/mol. The first-order valence-electron chi connectivity index (χ1n) is 8.40. The van der Waals surface area contributed by atoms with Gasteiger partial charge in [0, 0.05) is 17.7 Å². The number of nitrogens with zero attached hydrogens (tertiary/aromatic N) is 1. The number of carbonyl (C=O) groups is 1.